The molecule has 2 aliphatic rings. The highest BCUT2D eigenvalue weighted by molar-refractivity contribution is 6.04. The van der Waals surface area contributed by atoms with Gasteiger partial charge >= 0.3 is 12.3 Å². The fourth-order valence-corrected chi connectivity index (χ4v) is 4.68. The number of carbonyl (C=O) groups is 2. The average molecular weight is 530 g/mol. The minimum absolute atomic E-state index is 0.00259. The molecule has 0 saturated carbocycles. The van der Waals surface area contributed by atoms with Crippen molar-refractivity contribution in [3.8, 4) is 11.5 Å². The summed E-state index contributed by atoms with van der Waals surface area (Å²) in [6, 6.07) is 11.3. The maximum Gasteiger partial charge on any atom is 0.452 e. The fourth-order valence-electron chi connectivity index (χ4n) is 4.68. The topological polar surface area (TPSA) is 101 Å². The van der Waals surface area contributed by atoms with E-state index in [0.29, 0.717) is 24.5 Å². The number of hydrogen-bond donors (Lipinski definition) is 1. The Morgan fingerprint density at radius 2 is 1.79 bits per heavy atom. The van der Waals surface area contributed by atoms with E-state index in [1.165, 1.54) is 18.3 Å². The molecule has 2 amide bonds. The van der Waals surface area contributed by atoms with Crippen LogP contribution < -0.4 is 10.2 Å². The van der Waals surface area contributed by atoms with E-state index in [1.54, 1.807) is 35.2 Å². The number of pyridine rings is 1. The van der Waals surface area contributed by atoms with Crippen LogP contribution in [-0.4, -0.2) is 57.6 Å². The second-order valence-electron chi connectivity index (χ2n) is 10.2. The summed E-state index contributed by atoms with van der Waals surface area (Å²) in [5.74, 6) is -2.20. The van der Waals surface area contributed by atoms with E-state index >= 15 is 0 Å². The lowest BCUT2D eigenvalue weighted by Gasteiger charge is -2.35. The molecule has 0 radical (unpaired) electrons. The van der Waals surface area contributed by atoms with Crippen LogP contribution in [-0.2, 0) is 10.9 Å². The Morgan fingerprint density at radius 1 is 1.05 bits per heavy atom. The Kier molecular flexibility index (Phi) is 6.28. The molecule has 3 aromatic rings. The predicted octanol–water partition coefficient (Wildman–Crippen LogP) is 5.21. The number of aromatic nitrogens is 2. The standard InChI is InChI=1S/C26H26F3N5O4/c1-25(2,3)38-24(36)34-14-17-11-18(34)13-33(17)19-10-9-16(12-30-19)31-22(35)20-21(26(27,28)29)37-23(32-20)15-7-5-4-6-8-15/h4-10,12,17-18H,11,13-14H2,1-3H3,(H,31,35). The number of anilines is 2. The van der Waals surface area contributed by atoms with Gasteiger partial charge in [-0.3, -0.25) is 4.79 Å². The van der Waals surface area contributed by atoms with Crippen molar-refractivity contribution < 1.29 is 31.9 Å². The number of likely N-dealkylation sites (tertiary alicyclic amines) is 1. The number of ether oxygens (including phenoxy) is 1. The van der Waals surface area contributed by atoms with Gasteiger partial charge in [-0.15, -0.1) is 0 Å². The first-order valence-electron chi connectivity index (χ1n) is 12.1. The van der Waals surface area contributed by atoms with Crippen molar-refractivity contribution >= 4 is 23.5 Å². The van der Waals surface area contributed by atoms with E-state index in [-0.39, 0.29) is 29.8 Å². The molecule has 1 N–H and O–H groups in total. The second-order valence-corrected chi connectivity index (χ2v) is 10.2. The number of amides is 2. The van der Waals surface area contributed by atoms with Crippen LogP contribution in [0, 0.1) is 0 Å². The lowest BCUT2D eigenvalue weighted by Crippen LogP contribution is -2.50. The summed E-state index contributed by atoms with van der Waals surface area (Å²) in [7, 11) is 0. The number of alkyl halides is 3. The molecule has 2 unspecified atom stereocenters. The summed E-state index contributed by atoms with van der Waals surface area (Å²) in [6.45, 7) is 6.56. The molecule has 0 aliphatic carbocycles. The van der Waals surface area contributed by atoms with Crippen LogP contribution in [0.2, 0.25) is 0 Å². The molecule has 9 nitrogen and oxygen atoms in total. The van der Waals surface area contributed by atoms with E-state index in [1.807, 2.05) is 20.8 Å². The van der Waals surface area contributed by atoms with E-state index in [4.69, 9.17) is 9.15 Å². The number of fused-ring (bicyclic) bond motifs is 2. The third-order valence-electron chi connectivity index (χ3n) is 6.29. The maximum absolute atomic E-state index is 13.6. The highest BCUT2D eigenvalue weighted by Gasteiger charge is 2.47. The first kappa shape index (κ1) is 25.6. The molecule has 2 atom stereocenters. The fraction of sp³-hybridized carbons (Fsp3) is 0.385. The van der Waals surface area contributed by atoms with E-state index in [0.717, 1.165) is 6.42 Å². The minimum Gasteiger partial charge on any atom is -0.444 e. The molecule has 1 aromatic carbocycles. The molecule has 4 heterocycles. The van der Waals surface area contributed by atoms with E-state index in [2.05, 4.69) is 20.2 Å². The zero-order valence-corrected chi connectivity index (χ0v) is 21.0. The zero-order chi connectivity index (χ0) is 27.2. The molecule has 0 spiro atoms. The molecule has 2 aliphatic heterocycles. The minimum atomic E-state index is -4.91. The molecular weight excluding hydrogens is 503 g/mol. The summed E-state index contributed by atoms with van der Waals surface area (Å²) < 4.78 is 51.1. The second kappa shape index (κ2) is 9.34. The largest absolute Gasteiger partial charge is 0.452 e. The Bertz CT molecular complexity index is 1340. The van der Waals surface area contributed by atoms with Gasteiger partial charge < -0.3 is 24.3 Å². The van der Waals surface area contributed by atoms with Gasteiger partial charge in [-0.25, -0.2) is 14.8 Å². The number of benzene rings is 1. The van der Waals surface area contributed by atoms with Crippen LogP contribution in [0.15, 0.2) is 53.1 Å². The van der Waals surface area contributed by atoms with Crippen molar-refractivity contribution in [2.24, 2.45) is 0 Å². The number of oxazole rings is 1. The van der Waals surface area contributed by atoms with Gasteiger partial charge in [0.25, 0.3) is 5.91 Å². The van der Waals surface area contributed by atoms with Crippen molar-refractivity contribution in [3.63, 3.8) is 0 Å². The first-order chi connectivity index (χ1) is 17.9. The van der Waals surface area contributed by atoms with Gasteiger partial charge in [-0.05, 0) is 51.5 Å². The van der Waals surface area contributed by atoms with Crippen molar-refractivity contribution in [3.05, 3.63) is 60.1 Å². The number of hydrogen-bond acceptors (Lipinski definition) is 7. The van der Waals surface area contributed by atoms with Crippen LogP contribution in [0.25, 0.3) is 11.5 Å². The Labute approximate surface area is 216 Å². The summed E-state index contributed by atoms with van der Waals surface area (Å²) in [4.78, 5) is 37.2. The molecule has 5 rings (SSSR count). The third kappa shape index (κ3) is 5.15. The molecule has 200 valence electrons. The van der Waals surface area contributed by atoms with Crippen molar-refractivity contribution in [2.45, 2.75) is 51.1 Å². The van der Waals surface area contributed by atoms with Gasteiger partial charge in [0.15, 0.2) is 5.69 Å². The van der Waals surface area contributed by atoms with Crippen LogP contribution in [0.1, 0.15) is 43.4 Å². The van der Waals surface area contributed by atoms with Gasteiger partial charge in [0.05, 0.1) is 24.0 Å². The van der Waals surface area contributed by atoms with Crippen LogP contribution >= 0.6 is 0 Å². The molecular formula is C26H26F3N5O4. The van der Waals surface area contributed by atoms with Crippen molar-refractivity contribution in [1.29, 1.82) is 0 Å². The summed E-state index contributed by atoms with van der Waals surface area (Å²) >= 11 is 0. The van der Waals surface area contributed by atoms with Crippen LogP contribution in [0.4, 0.5) is 29.5 Å². The van der Waals surface area contributed by atoms with Crippen molar-refractivity contribution in [1.82, 2.24) is 14.9 Å². The highest BCUT2D eigenvalue weighted by Crippen LogP contribution is 2.37. The number of rotatable bonds is 4. The number of halogens is 3. The lowest BCUT2D eigenvalue weighted by molar-refractivity contribution is -0.153. The molecule has 2 fully saturated rings. The molecule has 38 heavy (non-hydrogen) atoms. The predicted molar refractivity (Wildman–Crippen MR) is 132 cm³/mol. The average Bonchev–Trinajstić information content (AvgIpc) is 3.58. The maximum atomic E-state index is 13.6. The lowest BCUT2D eigenvalue weighted by atomic mass is 10.2. The molecule has 2 aromatic heterocycles. The molecule has 2 saturated heterocycles. The quantitative estimate of drug-likeness (QED) is 0.496. The van der Waals surface area contributed by atoms with Gasteiger partial charge in [0, 0.05) is 18.7 Å². The number of nitrogens with one attached hydrogen (secondary N) is 1. The molecule has 2 bridgehead atoms. The van der Waals surface area contributed by atoms with Crippen molar-refractivity contribution in [2.75, 3.05) is 23.3 Å². The smallest absolute Gasteiger partial charge is 0.444 e. The number of carbonyl (C=O) groups excluding carboxylic acids is 2. The zero-order valence-electron chi connectivity index (χ0n) is 21.0. The van der Waals surface area contributed by atoms with Gasteiger partial charge in [0.1, 0.15) is 11.4 Å². The van der Waals surface area contributed by atoms with Crippen LogP contribution in [0.5, 0.6) is 0 Å². The SMILES string of the molecule is CC(C)(C)OC(=O)N1CC2CC1CN2c1ccc(NC(=O)c2nc(-c3ccccc3)oc2C(F)(F)F)cn1. The highest BCUT2D eigenvalue weighted by atomic mass is 19.4. The summed E-state index contributed by atoms with van der Waals surface area (Å²) in [5.41, 5.74) is -0.917. The third-order valence-corrected chi connectivity index (χ3v) is 6.29. The summed E-state index contributed by atoms with van der Waals surface area (Å²) in [6.07, 6.45) is -3.08. The van der Waals surface area contributed by atoms with E-state index < -0.39 is 29.1 Å². The first-order valence-corrected chi connectivity index (χ1v) is 12.1. The Hall–Kier alpha value is -4.09. The normalized spacial score (nSPS) is 19.1. The van der Waals surface area contributed by atoms with Crippen LogP contribution in [0.3, 0.4) is 0 Å². The number of nitrogens with zero attached hydrogens (tertiary/aromatic N) is 4. The van der Waals surface area contributed by atoms with Gasteiger partial charge in [-0.1, -0.05) is 18.2 Å². The monoisotopic (exact) mass is 529 g/mol. The number of piperazine rings is 1. The molecule has 12 heteroatoms. The Morgan fingerprint density at radius 3 is 2.37 bits per heavy atom. The van der Waals surface area contributed by atoms with E-state index in [9.17, 15) is 22.8 Å². The Balaban J connectivity index is 1.27. The van der Waals surface area contributed by atoms with Gasteiger partial charge in [-0.2, -0.15) is 13.2 Å². The van der Waals surface area contributed by atoms with Gasteiger partial charge in [0.2, 0.25) is 11.7 Å². The summed E-state index contributed by atoms with van der Waals surface area (Å²) in [5, 5.41) is 2.42.